The second-order valence-corrected chi connectivity index (χ2v) is 4.37. The highest BCUT2D eigenvalue weighted by Gasteiger charge is 2.21. The fourth-order valence-electron chi connectivity index (χ4n) is 1.80. The predicted octanol–water partition coefficient (Wildman–Crippen LogP) is 1.62. The van der Waals surface area contributed by atoms with Crippen molar-refractivity contribution >= 4 is 22.5 Å². The van der Waals surface area contributed by atoms with Gasteiger partial charge in [0.15, 0.2) is 0 Å². The fourth-order valence-corrected chi connectivity index (χ4v) is 2.51. The second-order valence-electron chi connectivity index (χ2n) is 3.63. The third-order valence-electron chi connectivity index (χ3n) is 2.57. The smallest absolute Gasteiger partial charge is 0.359 e. The summed E-state index contributed by atoms with van der Waals surface area (Å²) in [5.74, 6) is -0.983. The first-order chi connectivity index (χ1) is 7.29. The number of carboxylic acid groups (broad SMARTS) is 1. The van der Waals surface area contributed by atoms with E-state index < -0.39 is 5.97 Å². The maximum atomic E-state index is 10.9. The summed E-state index contributed by atoms with van der Waals surface area (Å²) in [5.41, 5.74) is 0.0990. The third-order valence-corrected chi connectivity index (χ3v) is 3.35. The number of aromatic carboxylic acids is 1. The molecule has 1 N–H and O–H groups in total. The van der Waals surface area contributed by atoms with Crippen molar-refractivity contribution in [3.8, 4) is 0 Å². The Hall–Kier alpha value is -1.17. The molecule has 1 aromatic heterocycles. The minimum atomic E-state index is -0.983. The molecule has 1 aliphatic rings. The van der Waals surface area contributed by atoms with Gasteiger partial charge in [-0.25, -0.2) is 4.79 Å². The van der Waals surface area contributed by atoms with E-state index in [0.29, 0.717) is 5.00 Å². The van der Waals surface area contributed by atoms with E-state index in [0.717, 1.165) is 25.9 Å². The molecular formula is C9H13N3O2S. The maximum Gasteiger partial charge on any atom is 0.359 e. The molecule has 2 heterocycles. The van der Waals surface area contributed by atoms with Gasteiger partial charge in [0.2, 0.25) is 5.69 Å². The Bertz CT molecular complexity index is 345. The lowest BCUT2D eigenvalue weighted by atomic mass is 10.2. The first-order valence-electron chi connectivity index (χ1n) is 5.09. The maximum absolute atomic E-state index is 10.9. The van der Waals surface area contributed by atoms with Crippen LogP contribution in [0.4, 0.5) is 5.00 Å². The topological polar surface area (TPSA) is 66.3 Å². The molecule has 6 heteroatoms. The van der Waals surface area contributed by atoms with Crippen molar-refractivity contribution in [3.63, 3.8) is 0 Å². The number of carboxylic acids is 1. The zero-order valence-electron chi connectivity index (χ0n) is 8.35. The van der Waals surface area contributed by atoms with Gasteiger partial charge in [-0.15, -0.1) is 5.10 Å². The van der Waals surface area contributed by atoms with Crippen LogP contribution < -0.4 is 4.90 Å². The van der Waals surface area contributed by atoms with Crippen molar-refractivity contribution in [2.45, 2.75) is 25.7 Å². The first-order valence-corrected chi connectivity index (χ1v) is 5.87. The molecule has 2 rings (SSSR count). The minimum absolute atomic E-state index is 0.0990. The summed E-state index contributed by atoms with van der Waals surface area (Å²) in [7, 11) is 0. The van der Waals surface area contributed by atoms with Crippen LogP contribution in [0.5, 0.6) is 0 Å². The molecule has 1 aliphatic heterocycles. The van der Waals surface area contributed by atoms with E-state index in [4.69, 9.17) is 5.11 Å². The van der Waals surface area contributed by atoms with E-state index in [1.165, 1.54) is 24.4 Å². The van der Waals surface area contributed by atoms with Crippen molar-refractivity contribution in [2.24, 2.45) is 0 Å². The molecule has 82 valence electrons. The molecular weight excluding hydrogens is 214 g/mol. The average Bonchev–Trinajstić information content (AvgIpc) is 2.55. The minimum Gasteiger partial charge on any atom is -0.476 e. The van der Waals surface area contributed by atoms with Gasteiger partial charge in [0.1, 0.15) is 5.00 Å². The normalized spacial score (nSPS) is 17.5. The molecule has 1 fully saturated rings. The Morgan fingerprint density at radius 2 is 1.93 bits per heavy atom. The van der Waals surface area contributed by atoms with Crippen LogP contribution in [-0.4, -0.2) is 33.8 Å². The van der Waals surface area contributed by atoms with Gasteiger partial charge in [0.25, 0.3) is 0 Å². The van der Waals surface area contributed by atoms with Gasteiger partial charge in [-0.1, -0.05) is 17.3 Å². The summed E-state index contributed by atoms with van der Waals surface area (Å²) in [6.45, 7) is 1.84. The number of rotatable bonds is 2. The largest absolute Gasteiger partial charge is 0.476 e. The van der Waals surface area contributed by atoms with Crippen molar-refractivity contribution in [2.75, 3.05) is 18.0 Å². The van der Waals surface area contributed by atoms with Gasteiger partial charge in [0, 0.05) is 24.6 Å². The molecule has 0 aliphatic carbocycles. The summed E-state index contributed by atoms with van der Waals surface area (Å²) in [5, 5.41) is 13.3. The highest BCUT2D eigenvalue weighted by Crippen LogP contribution is 2.25. The highest BCUT2D eigenvalue weighted by atomic mass is 32.1. The molecule has 0 atom stereocenters. The van der Waals surface area contributed by atoms with Crippen LogP contribution in [-0.2, 0) is 0 Å². The molecule has 0 spiro atoms. The van der Waals surface area contributed by atoms with Gasteiger partial charge in [0.05, 0.1) is 0 Å². The molecule has 0 aromatic carbocycles. The van der Waals surface area contributed by atoms with Crippen LogP contribution in [0.1, 0.15) is 36.2 Å². The average molecular weight is 227 g/mol. The van der Waals surface area contributed by atoms with Crippen LogP contribution in [0.3, 0.4) is 0 Å². The van der Waals surface area contributed by atoms with E-state index in [2.05, 4.69) is 14.5 Å². The molecule has 5 nitrogen and oxygen atoms in total. The zero-order chi connectivity index (χ0) is 10.7. The van der Waals surface area contributed by atoms with Gasteiger partial charge >= 0.3 is 5.97 Å². The van der Waals surface area contributed by atoms with Crippen molar-refractivity contribution in [3.05, 3.63) is 5.69 Å². The Balaban J connectivity index is 2.19. The Morgan fingerprint density at radius 3 is 2.53 bits per heavy atom. The monoisotopic (exact) mass is 227 g/mol. The third kappa shape index (κ3) is 2.26. The van der Waals surface area contributed by atoms with Gasteiger partial charge < -0.3 is 10.0 Å². The number of hydrogen-bond donors (Lipinski definition) is 1. The molecule has 0 radical (unpaired) electrons. The molecule has 1 saturated heterocycles. The lowest BCUT2D eigenvalue weighted by molar-refractivity contribution is 0.0691. The summed E-state index contributed by atoms with van der Waals surface area (Å²) in [6.07, 6.45) is 4.70. The Kier molecular flexibility index (Phi) is 3.15. The van der Waals surface area contributed by atoms with E-state index in [1.54, 1.807) is 0 Å². The summed E-state index contributed by atoms with van der Waals surface area (Å²) >= 11 is 1.18. The number of carbonyl (C=O) groups is 1. The van der Waals surface area contributed by atoms with Crippen LogP contribution in [0.25, 0.3) is 0 Å². The van der Waals surface area contributed by atoms with E-state index in [1.807, 2.05) is 0 Å². The summed E-state index contributed by atoms with van der Waals surface area (Å²) in [4.78, 5) is 13.0. The highest BCUT2D eigenvalue weighted by molar-refractivity contribution is 7.10. The lowest BCUT2D eigenvalue weighted by Crippen LogP contribution is -2.24. The predicted molar refractivity (Wildman–Crippen MR) is 57.5 cm³/mol. The first kappa shape index (κ1) is 10.4. The van der Waals surface area contributed by atoms with Crippen LogP contribution in [0.2, 0.25) is 0 Å². The standard InChI is InChI=1S/C9H13N3O2S/c13-9(14)7-8(15-11-10-7)12-5-3-1-2-4-6-12/h1-6H2,(H,13,14). The number of aromatic nitrogens is 2. The van der Waals surface area contributed by atoms with Crippen molar-refractivity contribution < 1.29 is 9.90 Å². The van der Waals surface area contributed by atoms with E-state index in [9.17, 15) is 4.79 Å². The molecule has 0 unspecified atom stereocenters. The SMILES string of the molecule is O=C(O)c1nnsc1N1CCCCCC1. The van der Waals surface area contributed by atoms with Crippen LogP contribution in [0, 0.1) is 0 Å². The Morgan fingerprint density at radius 1 is 1.27 bits per heavy atom. The van der Waals surface area contributed by atoms with Gasteiger partial charge in [-0.3, -0.25) is 0 Å². The lowest BCUT2D eigenvalue weighted by Gasteiger charge is -2.19. The summed E-state index contributed by atoms with van der Waals surface area (Å²) in [6, 6.07) is 0. The molecule has 0 amide bonds. The van der Waals surface area contributed by atoms with E-state index in [-0.39, 0.29) is 5.69 Å². The van der Waals surface area contributed by atoms with Crippen LogP contribution >= 0.6 is 11.5 Å². The number of anilines is 1. The molecule has 0 saturated carbocycles. The second kappa shape index (κ2) is 4.57. The quantitative estimate of drug-likeness (QED) is 0.831. The van der Waals surface area contributed by atoms with Crippen molar-refractivity contribution in [1.82, 2.24) is 9.59 Å². The summed E-state index contributed by atoms with van der Waals surface area (Å²) < 4.78 is 3.72. The van der Waals surface area contributed by atoms with Gasteiger partial charge in [-0.05, 0) is 12.8 Å². The molecule has 15 heavy (non-hydrogen) atoms. The Labute approximate surface area is 91.9 Å². The fraction of sp³-hybridized carbons (Fsp3) is 0.667. The number of hydrogen-bond acceptors (Lipinski definition) is 5. The van der Waals surface area contributed by atoms with Crippen LogP contribution in [0.15, 0.2) is 0 Å². The molecule has 0 bridgehead atoms. The van der Waals surface area contributed by atoms with Crippen molar-refractivity contribution in [1.29, 1.82) is 0 Å². The zero-order valence-corrected chi connectivity index (χ0v) is 9.16. The van der Waals surface area contributed by atoms with Gasteiger partial charge in [-0.2, -0.15) is 0 Å². The molecule has 1 aromatic rings. The number of nitrogens with zero attached hydrogens (tertiary/aromatic N) is 3. The van der Waals surface area contributed by atoms with E-state index >= 15 is 0 Å².